The van der Waals surface area contributed by atoms with Crippen LogP contribution in [0.1, 0.15) is 27.2 Å². The Hall–Kier alpha value is -1.76. The fourth-order valence-electron chi connectivity index (χ4n) is 2.57. The van der Waals surface area contributed by atoms with Gasteiger partial charge in [0.2, 0.25) is 0 Å². The van der Waals surface area contributed by atoms with Crippen LogP contribution in [0.3, 0.4) is 0 Å². The maximum absolute atomic E-state index is 12.0. The molecule has 0 bridgehead atoms. The van der Waals surface area contributed by atoms with Gasteiger partial charge < -0.3 is 15.8 Å². The maximum atomic E-state index is 12.0. The van der Waals surface area contributed by atoms with Gasteiger partial charge in [-0.05, 0) is 19.3 Å². The van der Waals surface area contributed by atoms with E-state index in [9.17, 15) is 9.59 Å². The van der Waals surface area contributed by atoms with E-state index in [1.165, 1.54) is 4.57 Å². The molecular formula is C14H24N4O3. The van der Waals surface area contributed by atoms with E-state index in [0.717, 1.165) is 13.0 Å². The van der Waals surface area contributed by atoms with E-state index in [0.29, 0.717) is 19.1 Å². The van der Waals surface area contributed by atoms with Crippen LogP contribution in [0.15, 0.2) is 9.59 Å². The summed E-state index contributed by atoms with van der Waals surface area (Å²) < 4.78 is 6.77. The fraction of sp³-hybridized carbons (Fsp3) is 0.714. The third-order valence-electron chi connectivity index (χ3n) is 3.83. The van der Waals surface area contributed by atoms with Crippen molar-refractivity contribution >= 4 is 11.5 Å². The summed E-state index contributed by atoms with van der Waals surface area (Å²) in [4.78, 5) is 26.2. The molecule has 2 heterocycles. The van der Waals surface area contributed by atoms with Crippen LogP contribution in [0, 0.1) is 11.8 Å². The Morgan fingerprint density at radius 1 is 1.43 bits per heavy atom. The first-order chi connectivity index (χ1) is 9.90. The highest BCUT2D eigenvalue weighted by Gasteiger charge is 2.24. The molecule has 1 fully saturated rings. The molecule has 7 nitrogen and oxygen atoms in total. The van der Waals surface area contributed by atoms with Gasteiger partial charge in [-0.2, -0.15) is 0 Å². The number of hydrogen-bond acceptors (Lipinski definition) is 5. The predicted molar refractivity (Wildman–Crippen MR) is 82.6 cm³/mol. The average Bonchev–Trinajstić information content (AvgIpc) is 2.93. The van der Waals surface area contributed by atoms with Crippen LogP contribution in [0.25, 0.3) is 0 Å². The van der Waals surface area contributed by atoms with Crippen LogP contribution < -0.4 is 22.3 Å². The molecule has 0 amide bonds. The number of anilines is 2. The summed E-state index contributed by atoms with van der Waals surface area (Å²) in [5.41, 5.74) is 5.37. The van der Waals surface area contributed by atoms with Crippen molar-refractivity contribution in [3.63, 3.8) is 0 Å². The summed E-state index contributed by atoms with van der Waals surface area (Å²) in [7, 11) is 0. The molecule has 1 aliphatic rings. The van der Waals surface area contributed by atoms with Gasteiger partial charge >= 0.3 is 5.69 Å². The lowest BCUT2D eigenvalue weighted by Gasteiger charge is -2.22. The molecule has 7 heteroatoms. The van der Waals surface area contributed by atoms with Gasteiger partial charge in [-0.15, -0.1) is 0 Å². The Bertz CT molecular complexity index is 599. The molecule has 21 heavy (non-hydrogen) atoms. The number of aromatic nitrogens is 2. The third kappa shape index (κ3) is 3.47. The Labute approximate surface area is 123 Å². The van der Waals surface area contributed by atoms with Crippen molar-refractivity contribution < 1.29 is 4.74 Å². The highest BCUT2D eigenvalue weighted by atomic mass is 16.5. The van der Waals surface area contributed by atoms with E-state index in [1.54, 1.807) is 0 Å². The summed E-state index contributed by atoms with van der Waals surface area (Å²) in [6, 6.07) is 0.0564. The number of aromatic amines is 1. The molecule has 2 unspecified atom stereocenters. The van der Waals surface area contributed by atoms with E-state index in [-0.39, 0.29) is 23.5 Å². The molecular weight excluding hydrogens is 272 g/mol. The Kier molecular flexibility index (Phi) is 4.72. The van der Waals surface area contributed by atoms with Gasteiger partial charge in [-0.1, -0.05) is 13.8 Å². The topological polar surface area (TPSA) is 102 Å². The monoisotopic (exact) mass is 296 g/mol. The van der Waals surface area contributed by atoms with Gasteiger partial charge in [0, 0.05) is 25.1 Å². The summed E-state index contributed by atoms with van der Waals surface area (Å²) in [6.45, 7) is 7.87. The van der Waals surface area contributed by atoms with Crippen LogP contribution in [0.4, 0.5) is 11.5 Å². The summed E-state index contributed by atoms with van der Waals surface area (Å²) >= 11 is 0. The highest BCUT2D eigenvalue weighted by molar-refractivity contribution is 5.60. The van der Waals surface area contributed by atoms with Gasteiger partial charge in [0.1, 0.15) is 11.5 Å². The Morgan fingerprint density at radius 2 is 2.14 bits per heavy atom. The number of rotatable bonds is 5. The van der Waals surface area contributed by atoms with Gasteiger partial charge in [0.05, 0.1) is 6.61 Å². The van der Waals surface area contributed by atoms with E-state index in [4.69, 9.17) is 10.5 Å². The summed E-state index contributed by atoms with van der Waals surface area (Å²) in [6.07, 6.45) is 0.956. The van der Waals surface area contributed by atoms with Crippen molar-refractivity contribution in [3.8, 4) is 0 Å². The lowest BCUT2D eigenvalue weighted by molar-refractivity contribution is 0.183. The number of nitrogens with zero attached hydrogens (tertiary/aromatic N) is 1. The lowest BCUT2D eigenvalue weighted by Crippen LogP contribution is -2.37. The SMILES string of the molecule is CC(C)Cn1c(N)c(NC(C)C2CCOC2)c(=O)[nH]c1=O. The lowest BCUT2D eigenvalue weighted by atomic mass is 10.0. The molecule has 0 spiro atoms. The molecule has 4 N–H and O–H groups in total. The largest absolute Gasteiger partial charge is 0.383 e. The molecule has 1 aliphatic heterocycles. The second-order valence-electron chi connectivity index (χ2n) is 6.08. The van der Waals surface area contributed by atoms with Crippen LogP contribution in [0.5, 0.6) is 0 Å². The van der Waals surface area contributed by atoms with Gasteiger partial charge in [0.15, 0.2) is 0 Å². The van der Waals surface area contributed by atoms with Crippen molar-refractivity contribution in [2.24, 2.45) is 11.8 Å². The summed E-state index contributed by atoms with van der Waals surface area (Å²) in [5.74, 6) is 0.793. The minimum absolute atomic E-state index is 0.0564. The molecule has 2 atom stereocenters. The molecule has 0 saturated carbocycles. The molecule has 2 rings (SSSR count). The molecule has 1 aromatic heterocycles. The number of nitrogen functional groups attached to an aromatic ring is 1. The van der Waals surface area contributed by atoms with Crippen molar-refractivity contribution in [2.45, 2.75) is 39.8 Å². The Balaban J connectivity index is 2.30. The smallest absolute Gasteiger partial charge is 0.330 e. The average molecular weight is 296 g/mol. The van der Waals surface area contributed by atoms with Crippen molar-refractivity contribution in [1.29, 1.82) is 0 Å². The van der Waals surface area contributed by atoms with Crippen LogP contribution in [-0.2, 0) is 11.3 Å². The van der Waals surface area contributed by atoms with Crippen LogP contribution in [-0.4, -0.2) is 28.8 Å². The molecule has 0 radical (unpaired) electrons. The molecule has 0 aliphatic carbocycles. The predicted octanol–water partition coefficient (Wildman–Crippen LogP) is 0.612. The van der Waals surface area contributed by atoms with Crippen LogP contribution in [0.2, 0.25) is 0 Å². The minimum Gasteiger partial charge on any atom is -0.383 e. The molecule has 0 aromatic carbocycles. The quantitative estimate of drug-likeness (QED) is 0.739. The second-order valence-corrected chi connectivity index (χ2v) is 6.08. The molecule has 1 aromatic rings. The van der Waals surface area contributed by atoms with Crippen molar-refractivity contribution in [3.05, 3.63) is 20.8 Å². The molecule has 1 saturated heterocycles. The van der Waals surface area contributed by atoms with Gasteiger partial charge in [0.25, 0.3) is 5.56 Å². The number of hydrogen-bond donors (Lipinski definition) is 3. The summed E-state index contributed by atoms with van der Waals surface area (Å²) in [5, 5.41) is 3.15. The van der Waals surface area contributed by atoms with Crippen LogP contribution >= 0.6 is 0 Å². The van der Waals surface area contributed by atoms with E-state index < -0.39 is 11.2 Å². The van der Waals surface area contributed by atoms with E-state index in [2.05, 4.69) is 10.3 Å². The molecule has 118 valence electrons. The maximum Gasteiger partial charge on any atom is 0.330 e. The van der Waals surface area contributed by atoms with Gasteiger partial charge in [-0.25, -0.2) is 4.79 Å². The van der Waals surface area contributed by atoms with E-state index in [1.807, 2.05) is 20.8 Å². The highest BCUT2D eigenvalue weighted by Crippen LogP contribution is 2.21. The Morgan fingerprint density at radius 3 is 2.71 bits per heavy atom. The fourth-order valence-corrected chi connectivity index (χ4v) is 2.57. The number of nitrogens with one attached hydrogen (secondary N) is 2. The normalized spacial score (nSPS) is 19.9. The number of ether oxygens (including phenoxy) is 1. The van der Waals surface area contributed by atoms with E-state index >= 15 is 0 Å². The second kappa shape index (κ2) is 6.34. The zero-order valence-electron chi connectivity index (χ0n) is 12.8. The zero-order chi connectivity index (χ0) is 15.6. The van der Waals surface area contributed by atoms with Crippen molar-refractivity contribution in [1.82, 2.24) is 9.55 Å². The number of nitrogens with two attached hydrogens (primary N) is 1. The first kappa shape index (κ1) is 15.6. The number of H-pyrrole nitrogens is 1. The third-order valence-corrected chi connectivity index (χ3v) is 3.83. The standard InChI is InChI=1S/C14H24N4O3/c1-8(2)6-18-12(15)11(13(19)17-14(18)20)16-9(3)10-4-5-21-7-10/h8-10,16H,4-7,15H2,1-3H3,(H,17,19,20). The van der Waals surface area contributed by atoms with Crippen molar-refractivity contribution in [2.75, 3.05) is 24.3 Å². The zero-order valence-corrected chi connectivity index (χ0v) is 12.8. The minimum atomic E-state index is -0.469. The first-order valence-corrected chi connectivity index (χ1v) is 7.37. The van der Waals surface area contributed by atoms with Gasteiger partial charge in [-0.3, -0.25) is 14.3 Å². The first-order valence-electron chi connectivity index (χ1n) is 7.37.